The number of aromatic nitrogens is 1. The zero-order chi connectivity index (χ0) is 15.0. The first kappa shape index (κ1) is 14.3. The number of aryl methyl sites for hydroxylation is 1. The largest absolute Gasteiger partial charge is 0.380 e. The predicted octanol–water partition coefficient (Wildman–Crippen LogP) is 3.68. The number of hydrogen-bond acceptors (Lipinski definition) is 3. The van der Waals surface area contributed by atoms with E-state index in [-0.39, 0.29) is 0 Å². The third-order valence-corrected chi connectivity index (χ3v) is 4.81. The molecule has 0 amide bonds. The van der Waals surface area contributed by atoms with Gasteiger partial charge in [-0.05, 0) is 45.4 Å². The predicted molar refractivity (Wildman–Crippen MR) is 89.8 cm³/mol. The van der Waals surface area contributed by atoms with Crippen LogP contribution < -0.4 is 5.32 Å². The van der Waals surface area contributed by atoms with E-state index < -0.39 is 0 Å². The van der Waals surface area contributed by atoms with Gasteiger partial charge in [0.15, 0.2) is 0 Å². The van der Waals surface area contributed by atoms with E-state index in [9.17, 15) is 0 Å². The average Bonchev–Trinajstić information content (AvgIpc) is 2.45. The Morgan fingerprint density at radius 3 is 2.81 bits per heavy atom. The van der Waals surface area contributed by atoms with Crippen LogP contribution in [0.25, 0.3) is 10.9 Å². The Kier molecular flexibility index (Phi) is 3.85. The standard InChI is InChI=1S/C18H25N3/c1-12-11-21(4)14(3)10-17(12)20-16-7-5-6-15-9-8-13(2)19-18(15)16/h5-9,12,14,17,20H,10-11H2,1-4H3. The second-order valence-corrected chi connectivity index (χ2v) is 6.58. The number of fused-ring (bicyclic) bond motifs is 1. The summed E-state index contributed by atoms with van der Waals surface area (Å²) in [7, 11) is 2.22. The van der Waals surface area contributed by atoms with E-state index in [4.69, 9.17) is 4.98 Å². The van der Waals surface area contributed by atoms with Crippen LogP contribution in [0.4, 0.5) is 5.69 Å². The Labute approximate surface area is 127 Å². The fourth-order valence-electron chi connectivity index (χ4n) is 3.30. The molecular weight excluding hydrogens is 258 g/mol. The molecule has 3 unspecified atom stereocenters. The fraction of sp³-hybridized carbons (Fsp3) is 0.500. The number of pyridine rings is 1. The van der Waals surface area contributed by atoms with Gasteiger partial charge in [-0.25, -0.2) is 0 Å². The summed E-state index contributed by atoms with van der Waals surface area (Å²) >= 11 is 0. The molecule has 1 aromatic heterocycles. The Morgan fingerprint density at radius 1 is 1.19 bits per heavy atom. The van der Waals surface area contributed by atoms with Crippen molar-refractivity contribution in [3.05, 3.63) is 36.0 Å². The number of para-hydroxylation sites is 1. The van der Waals surface area contributed by atoms with Gasteiger partial charge in [0.2, 0.25) is 0 Å². The maximum Gasteiger partial charge on any atom is 0.0936 e. The van der Waals surface area contributed by atoms with Gasteiger partial charge >= 0.3 is 0 Å². The van der Waals surface area contributed by atoms with Crippen LogP contribution in [0.15, 0.2) is 30.3 Å². The van der Waals surface area contributed by atoms with E-state index >= 15 is 0 Å². The number of hydrogen-bond donors (Lipinski definition) is 1. The van der Waals surface area contributed by atoms with Gasteiger partial charge in [0.1, 0.15) is 0 Å². The van der Waals surface area contributed by atoms with Crippen molar-refractivity contribution in [2.24, 2.45) is 5.92 Å². The third-order valence-electron chi connectivity index (χ3n) is 4.81. The molecule has 2 heterocycles. The van der Waals surface area contributed by atoms with Gasteiger partial charge in [0.05, 0.1) is 11.2 Å². The maximum absolute atomic E-state index is 4.73. The maximum atomic E-state index is 4.73. The molecule has 1 aliphatic rings. The topological polar surface area (TPSA) is 28.2 Å². The van der Waals surface area contributed by atoms with Gasteiger partial charge in [-0.2, -0.15) is 0 Å². The fourth-order valence-corrected chi connectivity index (χ4v) is 3.30. The molecule has 0 aliphatic carbocycles. The first-order valence-corrected chi connectivity index (χ1v) is 7.88. The monoisotopic (exact) mass is 283 g/mol. The van der Waals surface area contributed by atoms with E-state index in [1.54, 1.807) is 0 Å². The van der Waals surface area contributed by atoms with Crippen molar-refractivity contribution in [2.45, 2.75) is 39.3 Å². The van der Waals surface area contributed by atoms with Crippen LogP contribution in [-0.4, -0.2) is 35.6 Å². The van der Waals surface area contributed by atoms with Crippen molar-refractivity contribution in [1.29, 1.82) is 0 Å². The van der Waals surface area contributed by atoms with Crippen molar-refractivity contribution < 1.29 is 0 Å². The molecule has 3 rings (SSSR count). The molecule has 0 bridgehead atoms. The molecule has 1 saturated heterocycles. The summed E-state index contributed by atoms with van der Waals surface area (Å²) in [5.74, 6) is 0.645. The number of piperidine rings is 1. The van der Waals surface area contributed by atoms with E-state index in [1.165, 1.54) is 17.5 Å². The molecule has 1 aliphatic heterocycles. The molecule has 2 aromatic rings. The van der Waals surface area contributed by atoms with Crippen LogP contribution in [0.3, 0.4) is 0 Å². The lowest BCUT2D eigenvalue weighted by Gasteiger charge is -2.40. The van der Waals surface area contributed by atoms with Gasteiger partial charge < -0.3 is 10.2 Å². The third kappa shape index (κ3) is 2.88. The van der Waals surface area contributed by atoms with Gasteiger partial charge in [0, 0.05) is 29.7 Å². The molecule has 0 saturated carbocycles. The van der Waals surface area contributed by atoms with Crippen LogP contribution in [0.5, 0.6) is 0 Å². The summed E-state index contributed by atoms with van der Waals surface area (Å²) in [4.78, 5) is 7.18. The quantitative estimate of drug-likeness (QED) is 0.911. The summed E-state index contributed by atoms with van der Waals surface area (Å²) in [6, 6.07) is 11.8. The van der Waals surface area contributed by atoms with E-state index in [0.717, 1.165) is 17.8 Å². The lowest BCUT2D eigenvalue weighted by molar-refractivity contribution is 0.146. The summed E-state index contributed by atoms with van der Waals surface area (Å²) in [6.07, 6.45) is 1.18. The van der Waals surface area contributed by atoms with Crippen LogP contribution >= 0.6 is 0 Å². The van der Waals surface area contributed by atoms with Crippen molar-refractivity contribution in [3.8, 4) is 0 Å². The minimum atomic E-state index is 0.518. The number of nitrogens with one attached hydrogen (secondary N) is 1. The van der Waals surface area contributed by atoms with Crippen LogP contribution in [0, 0.1) is 12.8 Å². The molecule has 21 heavy (non-hydrogen) atoms. The number of rotatable bonds is 2. The molecule has 3 heteroatoms. The molecule has 0 radical (unpaired) electrons. The first-order valence-electron chi connectivity index (χ1n) is 7.88. The van der Waals surface area contributed by atoms with E-state index in [1.807, 2.05) is 0 Å². The Balaban J connectivity index is 1.89. The second kappa shape index (κ2) is 5.64. The highest BCUT2D eigenvalue weighted by Gasteiger charge is 2.29. The highest BCUT2D eigenvalue weighted by Crippen LogP contribution is 2.28. The van der Waals surface area contributed by atoms with E-state index in [0.29, 0.717) is 18.0 Å². The minimum absolute atomic E-state index is 0.518. The molecule has 3 atom stereocenters. The van der Waals surface area contributed by atoms with Crippen molar-refractivity contribution >= 4 is 16.6 Å². The zero-order valence-corrected chi connectivity index (χ0v) is 13.4. The Morgan fingerprint density at radius 2 is 2.00 bits per heavy atom. The van der Waals surface area contributed by atoms with Crippen molar-refractivity contribution in [3.63, 3.8) is 0 Å². The van der Waals surface area contributed by atoms with Gasteiger partial charge in [-0.1, -0.05) is 25.1 Å². The molecule has 1 aromatic carbocycles. The van der Waals surface area contributed by atoms with Crippen LogP contribution in [0.1, 0.15) is 26.0 Å². The summed E-state index contributed by atoms with van der Waals surface area (Å²) in [6.45, 7) is 7.85. The first-order chi connectivity index (χ1) is 10.0. The molecule has 1 fully saturated rings. The average molecular weight is 283 g/mol. The lowest BCUT2D eigenvalue weighted by Crippen LogP contribution is -2.48. The second-order valence-electron chi connectivity index (χ2n) is 6.58. The molecule has 3 nitrogen and oxygen atoms in total. The van der Waals surface area contributed by atoms with Gasteiger partial charge in [-0.15, -0.1) is 0 Å². The van der Waals surface area contributed by atoms with Gasteiger partial charge in [0.25, 0.3) is 0 Å². The summed E-state index contributed by atoms with van der Waals surface area (Å²) in [5, 5.41) is 4.97. The lowest BCUT2D eigenvalue weighted by atomic mass is 9.89. The number of nitrogens with zero attached hydrogens (tertiary/aromatic N) is 2. The van der Waals surface area contributed by atoms with Crippen molar-refractivity contribution in [1.82, 2.24) is 9.88 Å². The summed E-state index contributed by atoms with van der Waals surface area (Å²) < 4.78 is 0. The molecule has 112 valence electrons. The molecular formula is C18H25N3. The molecule has 1 N–H and O–H groups in total. The minimum Gasteiger partial charge on any atom is -0.380 e. The van der Waals surface area contributed by atoms with Crippen LogP contribution in [0.2, 0.25) is 0 Å². The summed E-state index contributed by atoms with van der Waals surface area (Å²) in [5.41, 5.74) is 3.34. The number of anilines is 1. The van der Waals surface area contributed by atoms with Gasteiger partial charge in [-0.3, -0.25) is 4.98 Å². The number of benzene rings is 1. The van der Waals surface area contributed by atoms with Crippen molar-refractivity contribution in [2.75, 3.05) is 18.9 Å². The Hall–Kier alpha value is -1.61. The zero-order valence-electron chi connectivity index (χ0n) is 13.4. The highest BCUT2D eigenvalue weighted by atomic mass is 15.2. The Bertz CT molecular complexity index is 637. The smallest absolute Gasteiger partial charge is 0.0936 e. The highest BCUT2D eigenvalue weighted by molar-refractivity contribution is 5.90. The number of likely N-dealkylation sites (tertiary alicyclic amines) is 1. The molecule has 0 spiro atoms. The SMILES string of the molecule is Cc1ccc2cccc(NC3CC(C)N(C)CC3C)c2n1. The van der Waals surface area contributed by atoms with E-state index in [2.05, 4.69) is 68.4 Å². The van der Waals surface area contributed by atoms with Crippen LogP contribution in [-0.2, 0) is 0 Å². The normalized spacial score (nSPS) is 27.0.